The first-order valence-electron chi connectivity index (χ1n) is 8.22. The molecule has 0 aromatic heterocycles. The van der Waals surface area contributed by atoms with Gasteiger partial charge in [-0.15, -0.1) is 0 Å². The summed E-state index contributed by atoms with van der Waals surface area (Å²) in [6, 6.07) is 0.0140. The van der Waals surface area contributed by atoms with E-state index >= 15 is 0 Å². The van der Waals surface area contributed by atoms with Crippen molar-refractivity contribution in [3.8, 4) is 0 Å². The normalized spacial score (nSPS) is 28.7. The largest absolute Gasteiger partial charge is 0.352 e. The number of hydrogen-bond donors (Lipinski definition) is 1. The quantitative estimate of drug-likeness (QED) is 0.851. The van der Waals surface area contributed by atoms with Gasteiger partial charge in [0.1, 0.15) is 6.04 Å². The zero-order chi connectivity index (χ0) is 15.8. The standard InChI is InChI=1S/C17H30N2O2/c1-16(2,3)15(21)19-10-6-7-13(19)14(20)18-12-8-9-17(4,5)11-12/h12-13H,6-11H2,1-5H3,(H,18,20). The summed E-state index contributed by atoms with van der Waals surface area (Å²) in [5, 5.41) is 3.18. The molecule has 1 heterocycles. The molecule has 1 N–H and O–H groups in total. The summed E-state index contributed by atoms with van der Waals surface area (Å²) in [4.78, 5) is 26.8. The summed E-state index contributed by atoms with van der Waals surface area (Å²) < 4.78 is 0. The molecule has 0 aromatic rings. The summed E-state index contributed by atoms with van der Waals surface area (Å²) >= 11 is 0. The maximum absolute atomic E-state index is 12.5. The highest BCUT2D eigenvalue weighted by Crippen LogP contribution is 2.37. The minimum absolute atomic E-state index is 0.0489. The van der Waals surface area contributed by atoms with Gasteiger partial charge < -0.3 is 10.2 Å². The summed E-state index contributed by atoms with van der Waals surface area (Å²) in [5.74, 6) is 0.139. The molecular weight excluding hydrogens is 264 g/mol. The molecule has 0 aromatic carbocycles. The lowest BCUT2D eigenvalue weighted by Gasteiger charge is -2.31. The fourth-order valence-electron chi connectivity index (χ4n) is 3.57. The first kappa shape index (κ1) is 16.3. The van der Waals surface area contributed by atoms with E-state index < -0.39 is 5.41 Å². The van der Waals surface area contributed by atoms with E-state index in [0.717, 1.165) is 32.1 Å². The number of nitrogens with zero attached hydrogens (tertiary/aromatic N) is 1. The minimum Gasteiger partial charge on any atom is -0.352 e. The Morgan fingerprint density at radius 2 is 1.86 bits per heavy atom. The number of nitrogens with one attached hydrogen (secondary N) is 1. The van der Waals surface area contributed by atoms with Gasteiger partial charge in [0, 0.05) is 18.0 Å². The number of amides is 2. The van der Waals surface area contributed by atoms with Crippen molar-refractivity contribution >= 4 is 11.8 Å². The third kappa shape index (κ3) is 3.78. The molecule has 0 bridgehead atoms. The van der Waals surface area contributed by atoms with Crippen LogP contribution in [0.5, 0.6) is 0 Å². The van der Waals surface area contributed by atoms with Crippen molar-refractivity contribution in [2.45, 2.75) is 78.8 Å². The minimum atomic E-state index is -0.418. The van der Waals surface area contributed by atoms with Gasteiger partial charge in [-0.3, -0.25) is 9.59 Å². The fourth-order valence-corrected chi connectivity index (χ4v) is 3.57. The fraction of sp³-hybridized carbons (Fsp3) is 0.882. The highest BCUT2D eigenvalue weighted by Gasteiger charge is 2.40. The van der Waals surface area contributed by atoms with E-state index in [4.69, 9.17) is 0 Å². The molecule has 120 valence electrons. The smallest absolute Gasteiger partial charge is 0.243 e. The van der Waals surface area contributed by atoms with Crippen molar-refractivity contribution < 1.29 is 9.59 Å². The summed E-state index contributed by atoms with van der Waals surface area (Å²) in [5.41, 5.74) is -0.0905. The molecule has 2 aliphatic rings. The predicted molar refractivity (Wildman–Crippen MR) is 83.8 cm³/mol. The van der Waals surface area contributed by atoms with Crippen LogP contribution < -0.4 is 5.32 Å². The van der Waals surface area contributed by atoms with Gasteiger partial charge in [-0.05, 0) is 37.5 Å². The van der Waals surface area contributed by atoms with Crippen LogP contribution in [0.3, 0.4) is 0 Å². The third-order valence-electron chi connectivity index (χ3n) is 4.77. The number of carbonyl (C=O) groups is 2. The number of hydrogen-bond acceptors (Lipinski definition) is 2. The second-order valence-corrected chi connectivity index (χ2v) is 8.52. The molecule has 1 saturated carbocycles. The molecule has 2 rings (SSSR count). The Kier molecular flexibility index (Phi) is 4.36. The molecule has 4 heteroatoms. The van der Waals surface area contributed by atoms with Crippen LogP contribution in [0.1, 0.15) is 66.7 Å². The molecule has 21 heavy (non-hydrogen) atoms. The van der Waals surface area contributed by atoms with Crippen LogP contribution in [0.25, 0.3) is 0 Å². The molecule has 4 nitrogen and oxygen atoms in total. The lowest BCUT2D eigenvalue weighted by atomic mass is 9.92. The number of carbonyl (C=O) groups excluding carboxylic acids is 2. The van der Waals surface area contributed by atoms with E-state index in [2.05, 4.69) is 19.2 Å². The summed E-state index contributed by atoms with van der Waals surface area (Å²) in [6.07, 6.45) is 4.98. The van der Waals surface area contributed by atoms with Crippen LogP contribution >= 0.6 is 0 Å². The SMILES string of the molecule is CC1(C)CCC(NC(=O)C2CCCN2C(=O)C(C)(C)C)C1. The van der Waals surface area contributed by atoms with Crippen LogP contribution in [-0.4, -0.2) is 35.3 Å². The maximum Gasteiger partial charge on any atom is 0.243 e. The maximum atomic E-state index is 12.5. The molecular formula is C17H30N2O2. The van der Waals surface area contributed by atoms with Crippen molar-refractivity contribution in [3.05, 3.63) is 0 Å². The lowest BCUT2D eigenvalue weighted by molar-refractivity contribution is -0.144. The monoisotopic (exact) mass is 294 g/mol. The Balaban J connectivity index is 1.97. The van der Waals surface area contributed by atoms with Gasteiger partial charge in [-0.25, -0.2) is 0 Å². The van der Waals surface area contributed by atoms with Crippen LogP contribution in [-0.2, 0) is 9.59 Å². The van der Waals surface area contributed by atoms with E-state index in [-0.39, 0.29) is 23.9 Å². The molecule has 1 aliphatic heterocycles. The van der Waals surface area contributed by atoms with Crippen LogP contribution in [0.15, 0.2) is 0 Å². The Hall–Kier alpha value is -1.06. The van der Waals surface area contributed by atoms with E-state index in [9.17, 15) is 9.59 Å². The second-order valence-electron chi connectivity index (χ2n) is 8.52. The first-order valence-corrected chi connectivity index (χ1v) is 8.22. The van der Waals surface area contributed by atoms with Crippen LogP contribution in [0.4, 0.5) is 0 Å². The van der Waals surface area contributed by atoms with Crippen molar-refractivity contribution in [1.29, 1.82) is 0 Å². The van der Waals surface area contributed by atoms with Gasteiger partial charge >= 0.3 is 0 Å². The molecule has 0 radical (unpaired) electrons. The lowest BCUT2D eigenvalue weighted by Crippen LogP contribution is -2.51. The Bertz CT molecular complexity index is 423. The van der Waals surface area contributed by atoms with Crippen LogP contribution in [0.2, 0.25) is 0 Å². The Labute approximate surface area is 128 Å². The first-order chi connectivity index (χ1) is 9.60. The van der Waals surface area contributed by atoms with E-state index in [0.29, 0.717) is 12.0 Å². The highest BCUT2D eigenvalue weighted by atomic mass is 16.2. The van der Waals surface area contributed by atoms with Crippen molar-refractivity contribution in [2.24, 2.45) is 10.8 Å². The Morgan fingerprint density at radius 1 is 1.19 bits per heavy atom. The van der Waals surface area contributed by atoms with Gasteiger partial charge in [0.2, 0.25) is 11.8 Å². The van der Waals surface area contributed by atoms with Gasteiger partial charge in [-0.2, -0.15) is 0 Å². The second kappa shape index (κ2) is 5.62. The van der Waals surface area contributed by atoms with Gasteiger partial charge in [0.15, 0.2) is 0 Å². The molecule has 1 aliphatic carbocycles. The zero-order valence-corrected chi connectivity index (χ0v) is 14.2. The van der Waals surface area contributed by atoms with E-state index in [1.807, 2.05) is 20.8 Å². The van der Waals surface area contributed by atoms with Crippen molar-refractivity contribution in [3.63, 3.8) is 0 Å². The van der Waals surface area contributed by atoms with E-state index in [1.165, 1.54) is 0 Å². The van der Waals surface area contributed by atoms with Crippen molar-refractivity contribution in [2.75, 3.05) is 6.54 Å². The third-order valence-corrected chi connectivity index (χ3v) is 4.77. The molecule has 0 spiro atoms. The molecule has 2 amide bonds. The van der Waals surface area contributed by atoms with Gasteiger partial charge in [0.25, 0.3) is 0 Å². The summed E-state index contributed by atoms with van der Waals surface area (Å²) in [7, 11) is 0. The molecule has 1 saturated heterocycles. The van der Waals surface area contributed by atoms with Crippen LogP contribution in [0, 0.1) is 10.8 Å². The Morgan fingerprint density at radius 3 is 2.38 bits per heavy atom. The zero-order valence-electron chi connectivity index (χ0n) is 14.2. The summed E-state index contributed by atoms with van der Waals surface area (Å²) in [6.45, 7) is 11.0. The average molecular weight is 294 g/mol. The number of likely N-dealkylation sites (tertiary alicyclic amines) is 1. The molecule has 2 unspecified atom stereocenters. The molecule has 2 atom stereocenters. The van der Waals surface area contributed by atoms with Crippen molar-refractivity contribution in [1.82, 2.24) is 10.2 Å². The molecule has 2 fully saturated rings. The number of rotatable bonds is 2. The highest BCUT2D eigenvalue weighted by molar-refractivity contribution is 5.90. The predicted octanol–water partition coefficient (Wildman–Crippen LogP) is 2.72. The average Bonchev–Trinajstić information content (AvgIpc) is 2.93. The van der Waals surface area contributed by atoms with Gasteiger partial charge in [-0.1, -0.05) is 34.6 Å². The topological polar surface area (TPSA) is 49.4 Å². The van der Waals surface area contributed by atoms with Gasteiger partial charge in [0.05, 0.1) is 0 Å². The van der Waals surface area contributed by atoms with E-state index in [1.54, 1.807) is 4.90 Å².